The minimum atomic E-state index is -0.343. The molecule has 0 fully saturated rings. The van der Waals surface area contributed by atoms with Crippen LogP contribution in [0.5, 0.6) is 17.2 Å². The van der Waals surface area contributed by atoms with E-state index in [2.05, 4.69) is 0 Å². The van der Waals surface area contributed by atoms with E-state index < -0.39 is 0 Å². The molecule has 0 aliphatic rings. The summed E-state index contributed by atoms with van der Waals surface area (Å²) in [5, 5.41) is -0.343. The molecule has 112 valence electrons. The maximum atomic E-state index is 6.63. The van der Waals surface area contributed by atoms with Gasteiger partial charge in [0.1, 0.15) is 17.2 Å². The van der Waals surface area contributed by atoms with Gasteiger partial charge in [-0.05, 0) is 42.3 Å². The number of halogens is 1. The van der Waals surface area contributed by atoms with Crippen LogP contribution in [0.25, 0.3) is 0 Å². The Morgan fingerprint density at radius 1 is 0.857 bits per heavy atom. The van der Waals surface area contributed by atoms with Crippen molar-refractivity contribution in [3.05, 3.63) is 53.1 Å². The highest BCUT2D eigenvalue weighted by Gasteiger charge is 2.18. The number of rotatable bonds is 5. The fraction of sp³-hybridized carbons (Fsp3) is 0.294. The normalized spacial score (nSPS) is 11.9. The standard InChI is InChI=1S/C17H19ClO3/c1-11-5-6-12(9-16(11)21-4)17(18)14-10-13(19-2)7-8-15(14)20-3/h5-10,17H,1-4H3. The van der Waals surface area contributed by atoms with Crippen LogP contribution < -0.4 is 14.2 Å². The van der Waals surface area contributed by atoms with Crippen LogP contribution in [0.3, 0.4) is 0 Å². The van der Waals surface area contributed by atoms with Crippen LogP contribution in [0, 0.1) is 6.92 Å². The number of benzene rings is 2. The highest BCUT2D eigenvalue weighted by molar-refractivity contribution is 6.22. The van der Waals surface area contributed by atoms with Crippen molar-refractivity contribution in [2.24, 2.45) is 0 Å². The predicted octanol–water partition coefficient (Wildman–Crippen LogP) is 4.35. The first kappa shape index (κ1) is 15.5. The first-order chi connectivity index (χ1) is 10.1. The summed E-state index contributed by atoms with van der Waals surface area (Å²) < 4.78 is 16.0. The van der Waals surface area contributed by atoms with Gasteiger partial charge in [0.05, 0.1) is 26.7 Å². The van der Waals surface area contributed by atoms with Gasteiger partial charge in [0.25, 0.3) is 0 Å². The van der Waals surface area contributed by atoms with Gasteiger partial charge >= 0.3 is 0 Å². The summed E-state index contributed by atoms with van der Waals surface area (Å²) in [6.07, 6.45) is 0. The van der Waals surface area contributed by atoms with Crippen LogP contribution >= 0.6 is 11.6 Å². The van der Waals surface area contributed by atoms with Gasteiger partial charge < -0.3 is 14.2 Å². The molecule has 0 aliphatic carbocycles. The summed E-state index contributed by atoms with van der Waals surface area (Å²) in [4.78, 5) is 0. The molecule has 1 atom stereocenters. The molecule has 1 unspecified atom stereocenters. The molecular formula is C17H19ClO3. The van der Waals surface area contributed by atoms with Crippen molar-refractivity contribution >= 4 is 11.6 Å². The van der Waals surface area contributed by atoms with Crippen LogP contribution in [0.1, 0.15) is 22.1 Å². The Morgan fingerprint density at radius 3 is 2.19 bits per heavy atom. The molecule has 0 saturated heterocycles. The van der Waals surface area contributed by atoms with Gasteiger partial charge in [0, 0.05) is 5.56 Å². The van der Waals surface area contributed by atoms with Gasteiger partial charge in [0.2, 0.25) is 0 Å². The lowest BCUT2D eigenvalue weighted by Crippen LogP contribution is -1.99. The van der Waals surface area contributed by atoms with Gasteiger partial charge in [-0.1, -0.05) is 12.1 Å². The highest BCUT2D eigenvalue weighted by atomic mass is 35.5. The van der Waals surface area contributed by atoms with E-state index in [-0.39, 0.29) is 5.38 Å². The Morgan fingerprint density at radius 2 is 1.57 bits per heavy atom. The van der Waals surface area contributed by atoms with Crippen molar-refractivity contribution in [3.63, 3.8) is 0 Å². The number of aryl methyl sites for hydroxylation is 1. The SMILES string of the molecule is COc1ccc(OC)c(C(Cl)c2ccc(C)c(OC)c2)c1. The molecule has 2 aromatic rings. The molecule has 0 saturated carbocycles. The Hall–Kier alpha value is -1.87. The summed E-state index contributed by atoms with van der Waals surface area (Å²) in [6, 6.07) is 11.5. The van der Waals surface area contributed by atoms with Crippen LogP contribution in [0.2, 0.25) is 0 Å². The van der Waals surface area contributed by atoms with E-state index in [4.69, 9.17) is 25.8 Å². The molecule has 0 amide bonds. The minimum Gasteiger partial charge on any atom is -0.497 e. The number of alkyl halides is 1. The molecular weight excluding hydrogens is 288 g/mol. The van der Waals surface area contributed by atoms with Gasteiger partial charge in [-0.15, -0.1) is 11.6 Å². The van der Waals surface area contributed by atoms with E-state index in [1.165, 1.54) is 0 Å². The lowest BCUT2D eigenvalue weighted by molar-refractivity contribution is 0.399. The molecule has 0 N–H and O–H groups in total. The predicted molar refractivity (Wildman–Crippen MR) is 85.0 cm³/mol. The van der Waals surface area contributed by atoms with Crippen LogP contribution in [0.15, 0.2) is 36.4 Å². The van der Waals surface area contributed by atoms with E-state index in [9.17, 15) is 0 Å². The second kappa shape index (κ2) is 6.72. The fourth-order valence-corrected chi connectivity index (χ4v) is 2.52. The monoisotopic (exact) mass is 306 g/mol. The van der Waals surface area contributed by atoms with Gasteiger partial charge in [-0.25, -0.2) is 0 Å². The quantitative estimate of drug-likeness (QED) is 0.769. The Kier molecular flexibility index (Phi) is 4.97. The zero-order valence-corrected chi connectivity index (χ0v) is 13.4. The van der Waals surface area contributed by atoms with Crippen molar-refractivity contribution in [2.75, 3.05) is 21.3 Å². The van der Waals surface area contributed by atoms with Crippen molar-refractivity contribution < 1.29 is 14.2 Å². The zero-order chi connectivity index (χ0) is 15.4. The highest BCUT2D eigenvalue weighted by Crippen LogP contribution is 2.38. The molecule has 0 radical (unpaired) electrons. The largest absolute Gasteiger partial charge is 0.497 e. The summed E-state index contributed by atoms with van der Waals surface area (Å²) in [5.41, 5.74) is 2.89. The third-order valence-corrected chi connectivity index (χ3v) is 3.92. The number of hydrogen-bond acceptors (Lipinski definition) is 3. The third-order valence-electron chi connectivity index (χ3n) is 3.43. The molecule has 4 heteroatoms. The molecule has 0 aromatic heterocycles. The molecule has 21 heavy (non-hydrogen) atoms. The van der Waals surface area contributed by atoms with Crippen molar-refractivity contribution in [2.45, 2.75) is 12.3 Å². The Balaban J connectivity index is 2.45. The second-order valence-electron chi connectivity index (χ2n) is 4.70. The smallest absolute Gasteiger partial charge is 0.124 e. The van der Waals surface area contributed by atoms with Crippen molar-refractivity contribution in [3.8, 4) is 17.2 Å². The van der Waals surface area contributed by atoms with Crippen molar-refractivity contribution in [1.82, 2.24) is 0 Å². The van der Waals surface area contributed by atoms with E-state index >= 15 is 0 Å². The van der Waals surface area contributed by atoms with Crippen LogP contribution in [-0.2, 0) is 0 Å². The third kappa shape index (κ3) is 3.24. The number of hydrogen-bond donors (Lipinski definition) is 0. The second-order valence-corrected chi connectivity index (χ2v) is 5.14. The Bertz CT molecular complexity index is 625. The zero-order valence-electron chi connectivity index (χ0n) is 12.6. The molecule has 3 nitrogen and oxygen atoms in total. The number of methoxy groups -OCH3 is 3. The van der Waals surface area contributed by atoms with Crippen molar-refractivity contribution in [1.29, 1.82) is 0 Å². The minimum absolute atomic E-state index is 0.343. The summed E-state index contributed by atoms with van der Waals surface area (Å²) in [6.45, 7) is 2.00. The molecule has 0 aliphatic heterocycles. The maximum Gasteiger partial charge on any atom is 0.124 e. The Labute approximate surface area is 130 Å². The lowest BCUT2D eigenvalue weighted by atomic mass is 10.0. The fourth-order valence-electron chi connectivity index (χ4n) is 2.21. The topological polar surface area (TPSA) is 27.7 Å². The first-order valence-corrected chi connectivity index (χ1v) is 7.05. The average molecular weight is 307 g/mol. The molecule has 0 heterocycles. The van der Waals surface area contributed by atoms with E-state index in [1.807, 2.05) is 43.3 Å². The van der Waals surface area contributed by atoms with Gasteiger partial charge in [-0.2, -0.15) is 0 Å². The molecule has 2 rings (SSSR count). The molecule has 2 aromatic carbocycles. The van der Waals surface area contributed by atoms with E-state index in [1.54, 1.807) is 21.3 Å². The van der Waals surface area contributed by atoms with Crippen LogP contribution in [0.4, 0.5) is 0 Å². The van der Waals surface area contributed by atoms with Crippen LogP contribution in [-0.4, -0.2) is 21.3 Å². The first-order valence-electron chi connectivity index (χ1n) is 6.61. The van der Waals surface area contributed by atoms with Gasteiger partial charge in [0.15, 0.2) is 0 Å². The van der Waals surface area contributed by atoms with E-state index in [0.29, 0.717) is 0 Å². The molecule has 0 bridgehead atoms. The molecule has 0 spiro atoms. The maximum absolute atomic E-state index is 6.63. The lowest BCUT2D eigenvalue weighted by Gasteiger charge is -2.17. The van der Waals surface area contributed by atoms with Gasteiger partial charge in [-0.3, -0.25) is 0 Å². The number of ether oxygens (including phenoxy) is 3. The summed E-state index contributed by atoms with van der Waals surface area (Å²) >= 11 is 6.63. The summed E-state index contributed by atoms with van der Waals surface area (Å²) in [5.74, 6) is 2.30. The summed E-state index contributed by atoms with van der Waals surface area (Å²) in [7, 11) is 4.91. The van der Waals surface area contributed by atoms with E-state index in [0.717, 1.165) is 33.9 Å². The average Bonchev–Trinajstić information content (AvgIpc) is 2.54.